The number of ether oxygens (including phenoxy) is 1. The number of aromatic nitrogens is 1. The number of rotatable bonds is 6. The van der Waals surface area contributed by atoms with Gasteiger partial charge in [0.2, 0.25) is 0 Å². The van der Waals surface area contributed by atoms with Crippen molar-refractivity contribution in [3.8, 4) is 0 Å². The second-order valence-corrected chi connectivity index (χ2v) is 4.89. The van der Waals surface area contributed by atoms with E-state index >= 15 is 0 Å². The second-order valence-electron chi connectivity index (χ2n) is 4.49. The molecule has 1 aromatic rings. The van der Waals surface area contributed by atoms with Crippen LogP contribution >= 0.6 is 11.6 Å². The number of halogens is 1. The molecule has 1 heterocycles. The van der Waals surface area contributed by atoms with Gasteiger partial charge in [-0.25, -0.2) is 0 Å². The van der Waals surface area contributed by atoms with Crippen LogP contribution in [0.4, 0.5) is 0 Å². The first-order chi connectivity index (χ1) is 8.50. The number of carbonyl (C=O) groups is 1. The summed E-state index contributed by atoms with van der Waals surface area (Å²) in [7, 11) is 1.40. The molecule has 0 aliphatic heterocycles. The van der Waals surface area contributed by atoms with E-state index in [0.29, 0.717) is 18.0 Å². The summed E-state index contributed by atoms with van der Waals surface area (Å²) in [5, 5.41) is 3.98. The van der Waals surface area contributed by atoms with Gasteiger partial charge in [0.1, 0.15) is 0 Å². The molecule has 0 bridgehead atoms. The summed E-state index contributed by atoms with van der Waals surface area (Å²) >= 11 is 6.04. The van der Waals surface area contributed by atoms with Crippen molar-refractivity contribution in [2.24, 2.45) is 0 Å². The Bertz CT molecular complexity index is 412. The summed E-state index contributed by atoms with van der Waals surface area (Å²) < 4.78 is 4.71. The van der Waals surface area contributed by atoms with E-state index in [9.17, 15) is 4.79 Å². The Hall–Kier alpha value is -1.13. The lowest BCUT2D eigenvalue weighted by Crippen LogP contribution is -2.43. The summed E-state index contributed by atoms with van der Waals surface area (Å²) in [5.41, 5.74) is 0.677. The number of methoxy groups -OCH3 is 1. The molecule has 4 nitrogen and oxygen atoms in total. The van der Waals surface area contributed by atoms with Gasteiger partial charge in [-0.05, 0) is 25.0 Å². The van der Waals surface area contributed by atoms with Gasteiger partial charge in [-0.15, -0.1) is 0 Å². The maximum Gasteiger partial charge on any atom is 0.307 e. The summed E-state index contributed by atoms with van der Waals surface area (Å²) in [4.78, 5) is 15.3. The molecule has 18 heavy (non-hydrogen) atoms. The lowest BCUT2D eigenvalue weighted by molar-refractivity contribution is -0.142. The minimum absolute atomic E-state index is 0.215. The normalized spacial score (nSPS) is 14.0. The Balaban J connectivity index is 2.64. The largest absolute Gasteiger partial charge is 0.469 e. The topological polar surface area (TPSA) is 51.2 Å². The summed E-state index contributed by atoms with van der Waals surface area (Å²) in [6.07, 6.45) is 4.47. The predicted octanol–water partition coefficient (Wildman–Crippen LogP) is 2.56. The van der Waals surface area contributed by atoms with Crippen LogP contribution in [-0.2, 0) is 16.1 Å². The molecule has 0 aromatic carbocycles. The Kier molecular flexibility index (Phi) is 5.56. The molecule has 100 valence electrons. The summed E-state index contributed by atoms with van der Waals surface area (Å²) in [6.45, 7) is 4.63. The van der Waals surface area contributed by atoms with Crippen LogP contribution in [0.5, 0.6) is 0 Å². The van der Waals surface area contributed by atoms with Gasteiger partial charge in [-0.3, -0.25) is 9.78 Å². The minimum Gasteiger partial charge on any atom is -0.469 e. The number of esters is 1. The summed E-state index contributed by atoms with van der Waals surface area (Å²) in [6, 6.07) is 1.86. The highest BCUT2D eigenvalue weighted by Gasteiger charge is 2.25. The van der Waals surface area contributed by atoms with Crippen LogP contribution in [0.1, 0.15) is 32.3 Å². The van der Waals surface area contributed by atoms with E-state index in [-0.39, 0.29) is 11.5 Å². The van der Waals surface area contributed by atoms with E-state index in [1.165, 1.54) is 7.11 Å². The molecular weight excluding hydrogens is 252 g/mol. The third-order valence-corrected chi connectivity index (χ3v) is 3.44. The van der Waals surface area contributed by atoms with Crippen molar-refractivity contribution in [2.75, 3.05) is 7.11 Å². The molecule has 1 rings (SSSR count). The molecule has 1 atom stereocenters. The maximum absolute atomic E-state index is 11.4. The van der Waals surface area contributed by atoms with Crippen LogP contribution < -0.4 is 5.32 Å². The van der Waals surface area contributed by atoms with Crippen LogP contribution in [0, 0.1) is 0 Å². The third kappa shape index (κ3) is 4.27. The zero-order chi connectivity index (χ0) is 13.6. The number of nitrogens with one attached hydrogen (secondary N) is 1. The first-order valence-corrected chi connectivity index (χ1v) is 6.29. The average Bonchev–Trinajstić information content (AvgIpc) is 2.37. The Labute approximate surface area is 113 Å². The molecule has 0 saturated heterocycles. The molecule has 0 radical (unpaired) electrons. The number of hydrogen-bond acceptors (Lipinski definition) is 4. The molecule has 0 spiro atoms. The van der Waals surface area contributed by atoms with E-state index in [2.05, 4.69) is 10.3 Å². The van der Waals surface area contributed by atoms with Gasteiger partial charge < -0.3 is 10.1 Å². The predicted molar refractivity (Wildman–Crippen MR) is 71.4 cm³/mol. The van der Waals surface area contributed by atoms with E-state index in [0.717, 1.165) is 12.0 Å². The second kappa shape index (κ2) is 6.71. The van der Waals surface area contributed by atoms with Crippen molar-refractivity contribution in [1.29, 1.82) is 0 Å². The van der Waals surface area contributed by atoms with Crippen LogP contribution in [0.25, 0.3) is 0 Å². The molecule has 0 aliphatic carbocycles. The molecular formula is C13H19ClN2O2. The van der Waals surface area contributed by atoms with Crippen molar-refractivity contribution < 1.29 is 9.53 Å². The number of carbonyl (C=O) groups excluding carboxylic acids is 1. The first-order valence-electron chi connectivity index (χ1n) is 5.91. The summed E-state index contributed by atoms with van der Waals surface area (Å²) in [5.74, 6) is -0.215. The molecule has 0 aliphatic rings. The fraction of sp³-hybridized carbons (Fsp3) is 0.538. The van der Waals surface area contributed by atoms with E-state index in [4.69, 9.17) is 16.3 Å². The molecule has 0 amide bonds. The standard InChI is InChI=1S/C13H19ClN2O2/c1-4-13(2,7-12(17)18-3)16-8-10-5-6-15-9-11(10)14/h5-6,9,16H,4,7-8H2,1-3H3/t13-/m0/s1. The molecule has 0 fully saturated rings. The zero-order valence-electron chi connectivity index (χ0n) is 11.0. The fourth-order valence-corrected chi connectivity index (χ4v) is 1.75. The van der Waals surface area contributed by atoms with Crippen LogP contribution in [0.15, 0.2) is 18.5 Å². The van der Waals surface area contributed by atoms with Crippen molar-refractivity contribution in [2.45, 2.75) is 38.8 Å². The molecule has 1 N–H and O–H groups in total. The molecule has 0 saturated carbocycles. The molecule has 5 heteroatoms. The van der Waals surface area contributed by atoms with E-state index in [1.807, 2.05) is 19.9 Å². The monoisotopic (exact) mass is 270 g/mol. The lowest BCUT2D eigenvalue weighted by atomic mass is 9.94. The smallest absolute Gasteiger partial charge is 0.307 e. The van der Waals surface area contributed by atoms with Crippen molar-refractivity contribution >= 4 is 17.6 Å². The highest BCUT2D eigenvalue weighted by molar-refractivity contribution is 6.31. The third-order valence-electron chi connectivity index (χ3n) is 3.10. The Morgan fingerprint density at radius 2 is 2.33 bits per heavy atom. The van der Waals surface area contributed by atoms with Crippen LogP contribution in [0.3, 0.4) is 0 Å². The van der Waals surface area contributed by atoms with Crippen LogP contribution in [-0.4, -0.2) is 23.6 Å². The first kappa shape index (κ1) is 14.9. The number of pyridine rings is 1. The van der Waals surface area contributed by atoms with Gasteiger partial charge in [0, 0.05) is 24.5 Å². The zero-order valence-corrected chi connectivity index (χ0v) is 11.8. The van der Waals surface area contributed by atoms with Gasteiger partial charge in [-0.1, -0.05) is 18.5 Å². The van der Waals surface area contributed by atoms with E-state index < -0.39 is 0 Å². The lowest BCUT2D eigenvalue weighted by Gasteiger charge is -2.28. The van der Waals surface area contributed by atoms with Crippen molar-refractivity contribution in [3.63, 3.8) is 0 Å². The van der Waals surface area contributed by atoms with Gasteiger partial charge >= 0.3 is 5.97 Å². The van der Waals surface area contributed by atoms with Crippen molar-refractivity contribution in [3.05, 3.63) is 29.0 Å². The quantitative estimate of drug-likeness (QED) is 0.807. The van der Waals surface area contributed by atoms with Gasteiger partial charge in [0.05, 0.1) is 18.6 Å². The van der Waals surface area contributed by atoms with Gasteiger partial charge in [-0.2, -0.15) is 0 Å². The number of hydrogen-bond donors (Lipinski definition) is 1. The fourth-order valence-electron chi connectivity index (χ4n) is 1.56. The number of nitrogens with zero attached hydrogens (tertiary/aromatic N) is 1. The highest BCUT2D eigenvalue weighted by atomic mass is 35.5. The SMILES string of the molecule is CC[C@@](C)(CC(=O)OC)NCc1ccncc1Cl. The minimum atomic E-state index is -0.292. The highest BCUT2D eigenvalue weighted by Crippen LogP contribution is 2.18. The Morgan fingerprint density at radius 1 is 1.61 bits per heavy atom. The van der Waals surface area contributed by atoms with E-state index in [1.54, 1.807) is 12.4 Å². The van der Waals surface area contributed by atoms with Crippen LogP contribution in [0.2, 0.25) is 5.02 Å². The van der Waals surface area contributed by atoms with Crippen molar-refractivity contribution in [1.82, 2.24) is 10.3 Å². The molecule has 0 unspecified atom stereocenters. The average molecular weight is 271 g/mol. The maximum atomic E-state index is 11.4. The van der Waals surface area contributed by atoms with Gasteiger partial charge in [0.15, 0.2) is 0 Å². The molecule has 1 aromatic heterocycles. The van der Waals surface area contributed by atoms with Gasteiger partial charge in [0.25, 0.3) is 0 Å². The Morgan fingerprint density at radius 3 is 2.89 bits per heavy atom.